The van der Waals surface area contributed by atoms with Gasteiger partial charge in [0.25, 0.3) is 0 Å². The molecule has 2 aliphatic rings. The Morgan fingerprint density at radius 1 is 1.36 bits per heavy atom. The van der Waals surface area contributed by atoms with Gasteiger partial charge in [0, 0.05) is 57.8 Å². The van der Waals surface area contributed by atoms with Crippen molar-refractivity contribution in [1.82, 2.24) is 19.8 Å². The van der Waals surface area contributed by atoms with Gasteiger partial charge in [-0.15, -0.1) is 0 Å². The molecule has 2 atom stereocenters. The molecule has 1 aromatic rings. The Labute approximate surface area is 130 Å². The molecule has 3 rings (SSSR count). The van der Waals surface area contributed by atoms with Crippen LogP contribution in [-0.2, 0) is 16.0 Å². The summed E-state index contributed by atoms with van der Waals surface area (Å²) in [4.78, 5) is 35.0. The number of imidazole rings is 1. The summed E-state index contributed by atoms with van der Waals surface area (Å²) in [7, 11) is 0. The van der Waals surface area contributed by atoms with Crippen molar-refractivity contribution in [2.75, 3.05) is 26.2 Å². The zero-order valence-corrected chi connectivity index (χ0v) is 13.1. The Kier molecular flexibility index (Phi) is 4.45. The summed E-state index contributed by atoms with van der Waals surface area (Å²) in [5.74, 6) is 1.34. The molecule has 6 heteroatoms. The number of rotatable bonds is 3. The third-order valence-electron chi connectivity index (χ3n) is 5.10. The highest BCUT2D eigenvalue weighted by atomic mass is 16.2. The molecule has 2 amide bonds. The highest BCUT2D eigenvalue weighted by molar-refractivity contribution is 5.77. The van der Waals surface area contributed by atoms with Crippen molar-refractivity contribution in [3.05, 3.63) is 18.2 Å². The van der Waals surface area contributed by atoms with E-state index >= 15 is 0 Å². The number of hydrogen-bond donors (Lipinski definition) is 1. The van der Waals surface area contributed by atoms with Gasteiger partial charge < -0.3 is 14.8 Å². The third kappa shape index (κ3) is 3.31. The number of piperidine rings is 1. The van der Waals surface area contributed by atoms with Crippen molar-refractivity contribution in [2.45, 2.75) is 32.6 Å². The lowest BCUT2D eigenvalue weighted by molar-refractivity contribution is -0.132. The monoisotopic (exact) mass is 304 g/mol. The van der Waals surface area contributed by atoms with E-state index in [9.17, 15) is 9.59 Å². The molecule has 6 nitrogen and oxygen atoms in total. The van der Waals surface area contributed by atoms with Crippen LogP contribution in [0.25, 0.3) is 0 Å². The number of fused-ring (bicyclic) bond motifs is 1. The van der Waals surface area contributed by atoms with E-state index in [-0.39, 0.29) is 11.8 Å². The summed E-state index contributed by atoms with van der Waals surface area (Å²) in [6.45, 7) is 4.81. The largest absolute Gasteiger partial charge is 0.348 e. The third-order valence-corrected chi connectivity index (χ3v) is 5.10. The maximum absolute atomic E-state index is 12.5. The molecule has 1 aromatic heterocycles. The fraction of sp³-hybridized carbons (Fsp3) is 0.688. The van der Waals surface area contributed by atoms with Gasteiger partial charge in [0.05, 0.1) is 6.33 Å². The SMILES string of the molecule is CC(=O)N1CC[C@H]2CC(=O)N(CCc3cnc[nH]3)CC[C@H]2C1. The lowest BCUT2D eigenvalue weighted by Crippen LogP contribution is -2.42. The van der Waals surface area contributed by atoms with Gasteiger partial charge in [-0.3, -0.25) is 9.59 Å². The van der Waals surface area contributed by atoms with Crippen LogP contribution in [0.15, 0.2) is 12.5 Å². The van der Waals surface area contributed by atoms with Crippen LogP contribution < -0.4 is 0 Å². The normalized spacial score (nSPS) is 25.8. The first-order chi connectivity index (χ1) is 10.6. The second-order valence-corrected chi connectivity index (χ2v) is 6.47. The first-order valence-electron chi connectivity index (χ1n) is 8.14. The summed E-state index contributed by atoms with van der Waals surface area (Å²) in [5.41, 5.74) is 1.07. The lowest BCUT2D eigenvalue weighted by atomic mass is 9.82. The van der Waals surface area contributed by atoms with Crippen molar-refractivity contribution >= 4 is 11.8 Å². The van der Waals surface area contributed by atoms with Gasteiger partial charge in [0.2, 0.25) is 11.8 Å². The highest BCUT2D eigenvalue weighted by Gasteiger charge is 2.35. The van der Waals surface area contributed by atoms with Crippen LogP contribution in [0.2, 0.25) is 0 Å². The zero-order valence-electron chi connectivity index (χ0n) is 13.1. The molecule has 0 aliphatic carbocycles. The zero-order chi connectivity index (χ0) is 15.5. The van der Waals surface area contributed by atoms with Crippen LogP contribution >= 0.6 is 0 Å². The maximum Gasteiger partial charge on any atom is 0.222 e. The minimum atomic E-state index is 0.158. The van der Waals surface area contributed by atoms with E-state index in [4.69, 9.17) is 0 Å². The Morgan fingerprint density at radius 2 is 2.18 bits per heavy atom. The Bertz CT molecular complexity index is 528. The van der Waals surface area contributed by atoms with Crippen LogP contribution in [0.4, 0.5) is 0 Å². The molecule has 0 aromatic carbocycles. The number of carbonyl (C=O) groups excluding carboxylic acids is 2. The van der Waals surface area contributed by atoms with Gasteiger partial charge in [-0.2, -0.15) is 0 Å². The van der Waals surface area contributed by atoms with Crippen molar-refractivity contribution in [2.24, 2.45) is 11.8 Å². The van der Waals surface area contributed by atoms with Gasteiger partial charge >= 0.3 is 0 Å². The van der Waals surface area contributed by atoms with Crippen LogP contribution in [0, 0.1) is 11.8 Å². The molecule has 2 fully saturated rings. The molecule has 0 saturated carbocycles. The second kappa shape index (κ2) is 6.50. The fourth-order valence-corrected chi connectivity index (χ4v) is 3.68. The summed E-state index contributed by atoms with van der Waals surface area (Å²) < 4.78 is 0. The molecule has 0 unspecified atom stereocenters. The summed E-state index contributed by atoms with van der Waals surface area (Å²) in [6.07, 6.45) is 6.91. The molecular weight excluding hydrogens is 280 g/mol. The molecule has 2 aliphatic heterocycles. The summed E-state index contributed by atoms with van der Waals surface area (Å²) >= 11 is 0. The van der Waals surface area contributed by atoms with Crippen LogP contribution in [0.5, 0.6) is 0 Å². The number of aromatic amines is 1. The predicted molar refractivity (Wildman–Crippen MR) is 82.0 cm³/mol. The number of carbonyl (C=O) groups is 2. The van der Waals surface area contributed by atoms with Gasteiger partial charge in [-0.05, 0) is 24.7 Å². The molecular formula is C16H24N4O2. The first kappa shape index (κ1) is 15.1. The second-order valence-electron chi connectivity index (χ2n) is 6.47. The predicted octanol–water partition coefficient (Wildman–Crippen LogP) is 1.06. The minimum Gasteiger partial charge on any atom is -0.348 e. The van der Waals surface area contributed by atoms with E-state index in [1.807, 2.05) is 16.0 Å². The van der Waals surface area contributed by atoms with Gasteiger partial charge in [-0.1, -0.05) is 0 Å². The highest BCUT2D eigenvalue weighted by Crippen LogP contribution is 2.32. The van der Waals surface area contributed by atoms with E-state index < -0.39 is 0 Å². The lowest BCUT2D eigenvalue weighted by Gasteiger charge is -2.36. The van der Waals surface area contributed by atoms with E-state index in [1.54, 1.807) is 13.3 Å². The number of H-pyrrole nitrogens is 1. The van der Waals surface area contributed by atoms with E-state index in [0.29, 0.717) is 18.3 Å². The average molecular weight is 304 g/mol. The van der Waals surface area contributed by atoms with E-state index in [0.717, 1.165) is 51.1 Å². The number of aromatic nitrogens is 2. The van der Waals surface area contributed by atoms with Gasteiger partial charge in [-0.25, -0.2) is 4.98 Å². The maximum atomic E-state index is 12.5. The van der Waals surface area contributed by atoms with Crippen molar-refractivity contribution in [3.63, 3.8) is 0 Å². The van der Waals surface area contributed by atoms with Crippen LogP contribution in [-0.4, -0.2) is 57.8 Å². The fourth-order valence-electron chi connectivity index (χ4n) is 3.68. The van der Waals surface area contributed by atoms with Crippen LogP contribution in [0.1, 0.15) is 31.9 Å². The molecule has 0 radical (unpaired) electrons. The minimum absolute atomic E-state index is 0.158. The smallest absolute Gasteiger partial charge is 0.222 e. The molecule has 1 N–H and O–H groups in total. The molecule has 120 valence electrons. The van der Waals surface area contributed by atoms with Gasteiger partial charge in [0.1, 0.15) is 0 Å². The number of nitrogens with one attached hydrogen (secondary N) is 1. The van der Waals surface area contributed by atoms with Crippen molar-refractivity contribution in [1.29, 1.82) is 0 Å². The molecule has 22 heavy (non-hydrogen) atoms. The standard InChI is InChI=1S/C16H24N4O2/c1-12(21)20-6-2-13-8-16(22)19(5-3-14(13)10-20)7-4-15-9-17-11-18-15/h9,11,13-14H,2-8,10H2,1H3,(H,17,18)/t13-,14-/m0/s1. The van der Waals surface area contributed by atoms with E-state index in [2.05, 4.69) is 9.97 Å². The number of amides is 2. The molecule has 3 heterocycles. The van der Waals surface area contributed by atoms with Crippen molar-refractivity contribution in [3.8, 4) is 0 Å². The quantitative estimate of drug-likeness (QED) is 0.908. The molecule has 0 bridgehead atoms. The molecule has 2 saturated heterocycles. The number of nitrogens with zero attached hydrogens (tertiary/aromatic N) is 3. The average Bonchev–Trinajstić information content (AvgIpc) is 2.96. The topological polar surface area (TPSA) is 69.3 Å². The summed E-state index contributed by atoms with van der Waals surface area (Å²) in [6, 6.07) is 0. The van der Waals surface area contributed by atoms with Gasteiger partial charge in [0.15, 0.2) is 0 Å². The summed E-state index contributed by atoms with van der Waals surface area (Å²) in [5, 5.41) is 0. The Hall–Kier alpha value is -1.85. The Morgan fingerprint density at radius 3 is 2.91 bits per heavy atom. The first-order valence-corrected chi connectivity index (χ1v) is 8.14. The van der Waals surface area contributed by atoms with E-state index in [1.165, 1.54) is 0 Å². The Balaban J connectivity index is 1.58. The molecule has 0 spiro atoms. The van der Waals surface area contributed by atoms with Crippen molar-refractivity contribution < 1.29 is 9.59 Å². The number of hydrogen-bond acceptors (Lipinski definition) is 3. The number of likely N-dealkylation sites (tertiary alicyclic amines) is 2. The van der Waals surface area contributed by atoms with Crippen LogP contribution in [0.3, 0.4) is 0 Å².